The first-order valence-corrected chi connectivity index (χ1v) is 7.75. The Morgan fingerprint density at radius 2 is 1.66 bits per heavy atom. The summed E-state index contributed by atoms with van der Waals surface area (Å²) in [5.74, 6) is -10.2. The fraction of sp³-hybridized carbons (Fsp3) is 0.167. The summed E-state index contributed by atoms with van der Waals surface area (Å²) < 4.78 is 103. The molecule has 1 aliphatic heterocycles. The molecule has 0 unspecified atom stereocenters. The Kier molecular flexibility index (Phi) is 4.82. The van der Waals surface area contributed by atoms with Gasteiger partial charge in [-0.2, -0.15) is 8.78 Å². The molecule has 0 aromatic heterocycles. The highest BCUT2D eigenvalue weighted by atomic mass is 19.3. The molecule has 1 heterocycles. The Balaban J connectivity index is 2.32. The van der Waals surface area contributed by atoms with Crippen LogP contribution in [0.4, 0.5) is 42.1 Å². The number of ether oxygens (including phenoxy) is 1. The number of halogens is 7. The normalized spacial score (nSPS) is 14.9. The van der Waals surface area contributed by atoms with E-state index < -0.39 is 75.9 Å². The van der Waals surface area contributed by atoms with Gasteiger partial charge in [-0.25, -0.2) is 22.0 Å². The molecule has 0 radical (unpaired) electrons. The van der Waals surface area contributed by atoms with Crippen LogP contribution in [0.5, 0.6) is 5.75 Å². The standard InChI is InChI=1S/C18H9F7N2O2/c1-3-6-27-16-8(29-18(24,25)17(27)28)5-4-7(10(16)19)9-11(20)13(22)15(26-2)14(23)12(9)21/h1,4-5,26H,6H2,2H3. The third-order valence-corrected chi connectivity index (χ3v) is 4.11. The average Bonchev–Trinajstić information content (AvgIpc) is 2.66. The van der Waals surface area contributed by atoms with Gasteiger partial charge in [0.2, 0.25) is 0 Å². The van der Waals surface area contributed by atoms with Gasteiger partial charge in [0, 0.05) is 12.6 Å². The second-order valence-corrected chi connectivity index (χ2v) is 5.74. The largest absolute Gasteiger partial charge is 0.483 e. The molecule has 0 spiro atoms. The van der Waals surface area contributed by atoms with E-state index in [9.17, 15) is 31.1 Å². The van der Waals surface area contributed by atoms with Crippen LogP contribution in [-0.2, 0) is 4.79 Å². The first-order valence-electron chi connectivity index (χ1n) is 7.75. The van der Waals surface area contributed by atoms with E-state index >= 15 is 4.39 Å². The molecule has 29 heavy (non-hydrogen) atoms. The summed E-state index contributed by atoms with van der Waals surface area (Å²) in [6.07, 6.45) is 0.634. The van der Waals surface area contributed by atoms with Crippen molar-refractivity contribution < 1.29 is 40.3 Å². The lowest BCUT2D eigenvalue weighted by atomic mass is 10.00. The van der Waals surface area contributed by atoms with Gasteiger partial charge < -0.3 is 10.1 Å². The Labute approximate surface area is 158 Å². The van der Waals surface area contributed by atoms with Crippen molar-refractivity contribution in [3.63, 3.8) is 0 Å². The molecule has 0 saturated carbocycles. The number of carbonyl (C=O) groups is 1. The van der Waals surface area contributed by atoms with Gasteiger partial charge in [0.1, 0.15) is 11.4 Å². The molecule has 3 rings (SSSR count). The zero-order chi connectivity index (χ0) is 21.7. The van der Waals surface area contributed by atoms with E-state index in [1.807, 2.05) is 11.2 Å². The lowest BCUT2D eigenvalue weighted by Crippen LogP contribution is -2.51. The van der Waals surface area contributed by atoms with E-state index in [-0.39, 0.29) is 4.90 Å². The highest BCUT2D eigenvalue weighted by molar-refractivity contribution is 6.02. The number of anilines is 2. The zero-order valence-corrected chi connectivity index (χ0v) is 14.3. The molecule has 0 atom stereocenters. The maximum absolute atomic E-state index is 15.1. The van der Waals surface area contributed by atoms with Gasteiger partial charge in [0.05, 0.1) is 12.1 Å². The molecule has 2 aromatic carbocycles. The molecule has 152 valence electrons. The quantitative estimate of drug-likeness (QED) is 0.465. The highest BCUT2D eigenvalue weighted by Gasteiger charge is 2.51. The van der Waals surface area contributed by atoms with Gasteiger partial charge in [-0.15, -0.1) is 6.42 Å². The summed E-state index contributed by atoms with van der Waals surface area (Å²) in [4.78, 5) is 12.0. The number of rotatable bonds is 3. The summed E-state index contributed by atoms with van der Waals surface area (Å²) in [7, 11) is 1.00. The van der Waals surface area contributed by atoms with Crippen LogP contribution in [0, 0.1) is 41.4 Å². The second kappa shape index (κ2) is 6.88. The summed E-state index contributed by atoms with van der Waals surface area (Å²) >= 11 is 0. The molecule has 1 N–H and O–H groups in total. The molecule has 11 heteroatoms. The number of terminal acetylenes is 1. The Morgan fingerprint density at radius 3 is 2.17 bits per heavy atom. The first kappa shape index (κ1) is 20.3. The summed E-state index contributed by atoms with van der Waals surface area (Å²) in [6.45, 7) is -0.836. The van der Waals surface area contributed by atoms with Crippen molar-refractivity contribution in [1.82, 2.24) is 0 Å². The van der Waals surface area contributed by atoms with Gasteiger partial charge in [-0.05, 0) is 12.1 Å². The number of fused-ring (bicyclic) bond motifs is 1. The maximum atomic E-state index is 15.1. The Hall–Kier alpha value is -3.42. The average molecular weight is 418 g/mol. The molecule has 0 aliphatic carbocycles. The molecule has 1 aliphatic rings. The monoisotopic (exact) mass is 418 g/mol. The third kappa shape index (κ3) is 2.91. The van der Waals surface area contributed by atoms with Crippen LogP contribution >= 0.6 is 0 Å². The number of amides is 1. The van der Waals surface area contributed by atoms with Gasteiger partial charge in [-0.3, -0.25) is 9.69 Å². The number of benzene rings is 2. The van der Waals surface area contributed by atoms with E-state index in [4.69, 9.17) is 6.42 Å². The van der Waals surface area contributed by atoms with Gasteiger partial charge in [-0.1, -0.05) is 5.92 Å². The number of nitrogens with one attached hydrogen (secondary N) is 1. The van der Waals surface area contributed by atoms with Crippen LogP contribution in [-0.4, -0.2) is 25.6 Å². The molecule has 0 saturated heterocycles. The topological polar surface area (TPSA) is 41.6 Å². The van der Waals surface area contributed by atoms with Crippen LogP contribution in [0.1, 0.15) is 0 Å². The minimum Gasteiger partial charge on any atom is -0.423 e. The molecular weight excluding hydrogens is 409 g/mol. The van der Waals surface area contributed by atoms with Gasteiger partial charge in [0.25, 0.3) is 0 Å². The Morgan fingerprint density at radius 1 is 1.07 bits per heavy atom. The lowest BCUT2D eigenvalue weighted by molar-refractivity contribution is -0.192. The van der Waals surface area contributed by atoms with Gasteiger partial charge in [0.15, 0.2) is 34.8 Å². The molecule has 1 amide bonds. The number of alkyl halides is 2. The number of hydrogen-bond donors (Lipinski definition) is 1. The minimum absolute atomic E-state index is 0.127. The van der Waals surface area contributed by atoms with Crippen molar-refractivity contribution in [3.8, 4) is 29.2 Å². The number of carbonyl (C=O) groups excluding carboxylic acids is 1. The molecule has 0 fully saturated rings. The van der Waals surface area contributed by atoms with E-state index in [2.05, 4.69) is 4.74 Å². The van der Waals surface area contributed by atoms with E-state index in [0.717, 1.165) is 7.05 Å². The van der Waals surface area contributed by atoms with Crippen LogP contribution in [0.25, 0.3) is 11.1 Å². The van der Waals surface area contributed by atoms with Crippen LogP contribution in [0.15, 0.2) is 12.1 Å². The molecular formula is C18H9F7N2O2. The van der Waals surface area contributed by atoms with Crippen molar-refractivity contribution in [2.75, 3.05) is 23.8 Å². The van der Waals surface area contributed by atoms with Crippen molar-refractivity contribution >= 4 is 17.3 Å². The predicted octanol–water partition coefficient (Wildman–Crippen LogP) is 4.04. The maximum Gasteiger partial charge on any atom is 0.483 e. The van der Waals surface area contributed by atoms with Gasteiger partial charge >= 0.3 is 12.0 Å². The minimum atomic E-state index is -4.37. The molecule has 2 aromatic rings. The highest BCUT2D eigenvalue weighted by Crippen LogP contribution is 2.45. The SMILES string of the molecule is C#CCN1C(=O)C(F)(F)Oc2ccc(-c3c(F)c(F)c(NC)c(F)c3F)c(F)c21. The second-order valence-electron chi connectivity index (χ2n) is 5.74. The van der Waals surface area contributed by atoms with Crippen molar-refractivity contribution in [3.05, 3.63) is 41.2 Å². The zero-order valence-electron chi connectivity index (χ0n) is 14.3. The fourth-order valence-corrected chi connectivity index (χ4v) is 2.84. The van der Waals surface area contributed by atoms with Crippen LogP contribution in [0.3, 0.4) is 0 Å². The first-order chi connectivity index (χ1) is 13.6. The van der Waals surface area contributed by atoms with E-state index in [1.165, 1.54) is 0 Å². The van der Waals surface area contributed by atoms with Crippen molar-refractivity contribution in [2.24, 2.45) is 0 Å². The van der Waals surface area contributed by atoms with Crippen LogP contribution in [0.2, 0.25) is 0 Å². The van der Waals surface area contributed by atoms with Crippen LogP contribution < -0.4 is 15.0 Å². The summed E-state index contributed by atoms with van der Waals surface area (Å²) in [5.41, 5.74) is -4.56. The molecule has 4 nitrogen and oxygen atoms in total. The smallest absolute Gasteiger partial charge is 0.423 e. The van der Waals surface area contributed by atoms with Crippen molar-refractivity contribution in [2.45, 2.75) is 6.11 Å². The Bertz CT molecular complexity index is 1050. The third-order valence-electron chi connectivity index (χ3n) is 4.11. The lowest BCUT2D eigenvalue weighted by Gasteiger charge is -2.33. The number of nitrogens with zero attached hydrogens (tertiary/aromatic N) is 1. The summed E-state index contributed by atoms with van der Waals surface area (Å²) in [5, 5.41) is 1.92. The van der Waals surface area contributed by atoms with Crippen molar-refractivity contribution in [1.29, 1.82) is 0 Å². The predicted molar refractivity (Wildman–Crippen MR) is 88.0 cm³/mol. The van der Waals surface area contributed by atoms with E-state index in [0.29, 0.717) is 12.1 Å². The fourth-order valence-electron chi connectivity index (χ4n) is 2.84. The van der Waals surface area contributed by atoms with E-state index in [1.54, 1.807) is 0 Å². The summed E-state index contributed by atoms with van der Waals surface area (Å²) in [6, 6.07) is 1.24. The molecule has 0 bridgehead atoms. The number of hydrogen-bond acceptors (Lipinski definition) is 3.